The van der Waals surface area contributed by atoms with Crippen molar-refractivity contribution in [2.75, 3.05) is 0 Å². The molecule has 1 aromatic rings. The molecular weight excluding hydrogens is 238 g/mol. The summed E-state index contributed by atoms with van der Waals surface area (Å²) in [5.74, 6) is 4.10. The van der Waals surface area contributed by atoms with Crippen LogP contribution in [0.3, 0.4) is 0 Å². The van der Waals surface area contributed by atoms with Crippen LogP contribution >= 0.6 is 0 Å². The molecule has 0 unspecified atom stereocenters. The van der Waals surface area contributed by atoms with E-state index in [0.29, 0.717) is 19.3 Å². The maximum absolute atomic E-state index is 11.8. The van der Waals surface area contributed by atoms with Crippen LogP contribution in [0.25, 0.3) is 0 Å². The van der Waals surface area contributed by atoms with Gasteiger partial charge in [-0.3, -0.25) is 0 Å². The van der Waals surface area contributed by atoms with Gasteiger partial charge < -0.3 is 5.11 Å². The Kier molecular flexibility index (Phi) is 5.86. The minimum absolute atomic E-state index is 0.290. The van der Waals surface area contributed by atoms with Crippen molar-refractivity contribution in [2.45, 2.75) is 32.1 Å². The van der Waals surface area contributed by atoms with E-state index in [1.54, 1.807) is 24.3 Å². The molecular formula is C14H14F2O2. The highest BCUT2D eigenvalue weighted by molar-refractivity contribution is 5.89. The molecule has 0 spiro atoms. The molecule has 0 aliphatic rings. The summed E-state index contributed by atoms with van der Waals surface area (Å²) < 4.78 is 23.6. The fraction of sp³-hybridized carbons (Fsp3) is 0.357. The van der Waals surface area contributed by atoms with E-state index in [1.807, 2.05) is 0 Å². The van der Waals surface area contributed by atoms with Crippen LogP contribution < -0.4 is 0 Å². The van der Waals surface area contributed by atoms with Gasteiger partial charge in [0.15, 0.2) is 0 Å². The van der Waals surface area contributed by atoms with E-state index < -0.39 is 18.8 Å². The zero-order valence-corrected chi connectivity index (χ0v) is 9.83. The molecule has 0 atom stereocenters. The Morgan fingerprint density at radius 2 is 2.00 bits per heavy atom. The lowest BCUT2D eigenvalue weighted by Gasteiger charge is -2.03. The summed E-state index contributed by atoms with van der Waals surface area (Å²) >= 11 is 0. The molecule has 1 N–H and O–H groups in total. The summed E-state index contributed by atoms with van der Waals surface area (Å²) in [5.41, 5.74) is 1.04. The largest absolute Gasteiger partial charge is 0.478 e. The Morgan fingerprint density at radius 3 is 2.67 bits per heavy atom. The standard InChI is InChI=1S/C14H14F2O2/c15-13(16)10-4-2-1-3-7-11-8-5-6-9-12(11)14(17)18/h5-6,8-9,13H,1,3,7,10H2,(H,17,18). The topological polar surface area (TPSA) is 37.3 Å². The molecule has 0 aliphatic heterocycles. The van der Waals surface area contributed by atoms with Crippen molar-refractivity contribution in [1.29, 1.82) is 0 Å². The molecule has 0 saturated carbocycles. The smallest absolute Gasteiger partial charge is 0.335 e. The first kappa shape index (κ1) is 14.2. The lowest BCUT2D eigenvalue weighted by molar-refractivity contribution is 0.0695. The maximum Gasteiger partial charge on any atom is 0.335 e. The van der Waals surface area contributed by atoms with Crippen molar-refractivity contribution >= 4 is 5.97 Å². The van der Waals surface area contributed by atoms with E-state index in [0.717, 1.165) is 5.56 Å². The Labute approximate surface area is 105 Å². The van der Waals surface area contributed by atoms with Gasteiger partial charge >= 0.3 is 5.97 Å². The number of hydrogen-bond donors (Lipinski definition) is 1. The average molecular weight is 252 g/mol. The molecule has 96 valence electrons. The molecule has 0 radical (unpaired) electrons. The minimum atomic E-state index is -2.38. The van der Waals surface area contributed by atoms with Crippen LogP contribution in [0, 0.1) is 11.8 Å². The van der Waals surface area contributed by atoms with Gasteiger partial charge in [-0.25, -0.2) is 13.6 Å². The molecule has 2 nitrogen and oxygen atoms in total. The van der Waals surface area contributed by atoms with E-state index in [-0.39, 0.29) is 5.56 Å². The van der Waals surface area contributed by atoms with Crippen LogP contribution in [0.1, 0.15) is 35.2 Å². The second-order valence-corrected chi connectivity index (χ2v) is 3.76. The number of rotatable bonds is 5. The summed E-state index contributed by atoms with van der Waals surface area (Å²) in [7, 11) is 0. The summed E-state index contributed by atoms with van der Waals surface area (Å²) in [6.45, 7) is 0. The maximum atomic E-state index is 11.8. The van der Waals surface area contributed by atoms with Gasteiger partial charge in [-0.1, -0.05) is 24.1 Å². The van der Waals surface area contributed by atoms with Gasteiger partial charge in [-0.05, 0) is 24.5 Å². The number of benzene rings is 1. The predicted octanol–water partition coefficient (Wildman–Crippen LogP) is 3.37. The van der Waals surface area contributed by atoms with E-state index in [4.69, 9.17) is 5.11 Å². The lowest BCUT2D eigenvalue weighted by atomic mass is 10.0. The molecule has 0 aliphatic carbocycles. The third-order valence-electron chi connectivity index (χ3n) is 2.38. The Morgan fingerprint density at radius 1 is 1.28 bits per heavy atom. The fourth-order valence-electron chi connectivity index (χ4n) is 1.55. The van der Waals surface area contributed by atoms with Gasteiger partial charge in [-0.15, -0.1) is 5.92 Å². The van der Waals surface area contributed by atoms with Crippen LogP contribution in [0.2, 0.25) is 0 Å². The molecule has 0 aromatic heterocycles. The van der Waals surface area contributed by atoms with Crippen molar-refractivity contribution in [3.8, 4) is 11.8 Å². The van der Waals surface area contributed by atoms with Gasteiger partial charge in [0, 0.05) is 6.42 Å². The first-order chi connectivity index (χ1) is 8.61. The number of alkyl halides is 2. The van der Waals surface area contributed by atoms with E-state index in [1.165, 1.54) is 0 Å². The number of carboxylic acid groups (broad SMARTS) is 1. The average Bonchev–Trinajstić information content (AvgIpc) is 2.33. The molecule has 0 bridgehead atoms. The summed E-state index contributed by atoms with van der Waals surface area (Å²) in [6.07, 6.45) is -1.02. The highest BCUT2D eigenvalue weighted by Gasteiger charge is 2.07. The zero-order chi connectivity index (χ0) is 13.4. The SMILES string of the molecule is O=C(O)c1ccccc1CCCC#CCC(F)F. The highest BCUT2D eigenvalue weighted by Crippen LogP contribution is 2.11. The van der Waals surface area contributed by atoms with E-state index in [2.05, 4.69) is 11.8 Å². The van der Waals surface area contributed by atoms with Gasteiger partial charge in [-0.2, -0.15) is 0 Å². The van der Waals surface area contributed by atoms with Crippen molar-refractivity contribution in [3.63, 3.8) is 0 Å². The normalized spacial score (nSPS) is 9.94. The van der Waals surface area contributed by atoms with Gasteiger partial charge in [0.25, 0.3) is 0 Å². The van der Waals surface area contributed by atoms with Gasteiger partial charge in [0.05, 0.1) is 12.0 Å². The third kappa shape index (κ3) is 4.96. The van der Waals surface area contributed by atoms with Crippen LogP contribution in [-0.4, -0.2) is 17.5 Å². The van der Waals surface area contributed by atoms with Crippen LogP contribution in [0.4, 0.5) is 8.78 Å². The summed E-state index contributed by atoms with van der Waals surface area (Å²) in [5, 5.41) is 8.96. The van der Waals surface area contributed by atoms with Crippen molar-refractivity contribution in [3.05, 3.63) is 35.4 Å². The molecule has 18 heavy (non-hydrogen) atoms. The Balaban J connectivity index is 2.44. The van der Waals surface area contributed by atoms with E-state index in [9.17, 15) is 13.6 Å². The van der Waals surface area contributed by atoms with Crippen LogP contribution in [0.5, 0.6) is 0 Å². The number of aryl methyl sites for hydroxylation is 1. The molecule has 1 rings (SSSR count). The number of carbonyl (C=O) groups is 1. The first-order valence-corrected chi connectivity index (χ1v) is 5.66. The number of unbranched alkanes of at least 4 members (excludes halogenated alkanes) is 1. The third-order valence-corrected chi connectivity index (χ3v) is 2.38. The Hall–Kier alpha value is -1.89. The number of halogens is 2. The predicted molar refractivity (Wildman–Crippen MR) is 64.7 cm³/mol. The van der Waals surface area contributed by atoms with Crippen molar-refractivity contribution < 1.29 is 18.7 Å². The molecule has 0 fully saturated rings. The second kappa shape index (κ2) is 7.44. The monoisotopic (exact) mass is 252 g/mol. The summed E-state index contributed by atoms with van der Waals surface area (Å²) in [6, 6.07) is 6.77. The lowest BCUT2D eigenvalue weighted by Crippen LogP contribution is -2.01. The van der Waals surface area contributed by atoms with Crippen LogP contribution in [0.15, 0.2) is 24.3 Å². The number of aromatic carboxylic acids is 1. The van der Waals surface area contributed by atoms with Crippen molar-refractivity contribution in [1.82, 2.24) is 0 Å². The molecule has 0 amide bonds. The summed E-state index contributed by atoms with van der Waals surface area (Å²) in [4.78, 5) is 10.9. The fourth-order valence-corrected chi connectivity index (χ4v) is 1.55. The highest BCUT2D eigenvalue weighted by atomic mass is 19.3. The zero-order valence-electron chi connectivity index (χ0n) is 9.83. The van der Waals surface area contributed by atoms with E-state index >= 15 is 0 Å². The quantitative estimate of drug-likeness (QED) is 0.644. The molecule has 1 aromatic carbocycles. The molecule has 0 heterocycles. The van der Waals surface area contributed by atoms with Crippen molar-refractivity contribution in [2.24, 2.45) is 0 Å². The first-order valence-electron chi connectivity index (χ1n) is 5.66. The number of hydrogen-bond acceptors (Lipinski definition) is 1. The number of carboxylic acids is 1. The minimum Gasteiger partial charge on any atom is -0.478 e. The Bertz CT molecular complexity index is 458. The molecule has 4 heteroatoms. The van der Waals surface area contributed by atoms with Gasteiger partial charge in [0.1, 0.15) is 0 Å². The molecule has 0 saturated heterocycles. The van der Waals surface area contributed by atoms with Crippen LogP contribution in [-0.2, 0) is 6.42 Å². The second-order valence-electron chi connectivity index (χ2n) is 3.76. The van der Waals surface area contributed by atoms with Gasteiger partial charge in [0.2, 0.25) is 6.43 Å².